The maximum atomic E-state index is 5.95. The number of hydrogen-bond acceptors (Lipinski definition) is 1. The summed E-state index contributed by atoms with van der Waals surface area (Å²) in [6.45, 7) is 2.05. The van der Waals surface area contributed by atoms with Gasteiger partial charge in [0.15, 0.2) is 0 Å². The Morgan fingerprint density at radius 1 is 1.27 bits per heavy atom. The number of halogens is 1. The summed E-state index contributed by atoms with van der Waals surface area (Å²) < 4.78 is 0. The van der Waals surface area contributed by atoms with Crippen molar-refractivity contribution >= 4 is 18.0 Å². The summed E-state index contributed by atoms with van der Waals surface area (Å²) in [5, 5.41) is 0. The molecular weight excluding hydrogens is 206 g/mol. The minimum atomic E-state index is 0. The van der Waals surface area contributed by atoms with E-state index in [0.717, 1.165) is 0 Å². The van der Waals surface area contributed by atoms with E-state index >= 15 is 0 Å². The first-order valence-electron chi connectivity index (χ1n) is 5.33. The first-order chi connectivity index (χ1) is 6.79. The minimum absolute atomic E-state index is 0. The molecule has 2 N–H and O–H groups in total. The molecule has 0 spiro atoms. The second kappa shape index (κ2) is 5.34. The number of nitrogens with two attached hydrogens (primary N) is 1. The van der Waals surface area contributed by atoms with Crippen molar-refractivity contribution in [3.63, 3.8) is 0 Å². The summed E-state index contributed by atoms with van der Waals surface area (Å²) >= 11 is 0. The molecule has 0 amide bonds. The van der Waals surface area contributed by atoms with Gasteiger partial charge in [-0.3, -0.25) is 0 Å². The van der Waals surface area contributed by atoms with E-state index in [4.69, 9.17) is 5.73 Å². The Balaban J connectivity index is 0.00000112. The molecule has 2 rings (SSSR count). The number of hydrogen-bond donors (Lipinski definition) is 1. The number of allylic oxidation sites excluding steroid dienone is 2. The molecule has 0 fully saturated rings. The molecule has 0 bridgehead atoms. The highest BCUT2D eigenvalue weighted by molar-refractivity contribution is 5.85. The van der Waals surface area contributed by atoms with Gasteiger partial charge < -0.3 is 5.73 Å². The Hall–Kier alpha value is -0.790. The van der Waals surface area contributed by atoms with Gasteiger partial charge in [-0.25, -0.2) is 0 Å². The highest BCUT2D eigenvalue weighted by Crippen LogP contribution is 2.31. The summed E-state index contributed by atoms with van der Waals surface area (Å²) in [5.41, 5.74) is 10.1. The van der Waals surface area contributed by atoms with Crippen molar-refractivity contribution in [3.8, 4) is 0 Å². The number of benzene rings is 1. The molecule has 2 heteroatoms. The highest BCUT2D eigenvalue weighted by atomic mass is 35.5. The van der Waals surface area contributed by atoms with Gasteiger partial charge in [0.05, 0.1) is 0 Å². The maximum absolute atomic E-state index is 5.95. The lowest BCUT2D eigenvalue weighted by Crippen LogP contribution is -2.07. The van der Waals surface area contributed by atoms with Crippen LogP contribution in [0.4, 0.5) is 0 Å². The predicted octanol–water partition coefficient (Wildman–Crippen LogP) is 3.70. The maximum Gasteiger partial charge on any atom is 0.0272 e. The fourth-order valence-corrected chi connectivity index (χ4v) is 2.10. The first-order valence-corrected chi connectivity index (χ1v) is 5.33. The highest BCUT2D eigenvalue weighted by Gasteiger charge is 2.12. The van der Waals surface area contributed by atoms with Crippen LogP contribution in [0, 0.1) is 0 Å². The van der Waals surface area contributed by atoms with Crippen LogP contribution in [-0.4, -0.2) is 0 Å². The Kier molecular flexibility index (Phi) is 4.37. The van der Waals surface area contributed by atoms with E-state index in [-0.39, 0.29) is 18.4 Å². The van der Waals surface area contributed by atoms with Crippen LogP contribution in [0.2, 0.25) is 0 Å². The van der Waals surface area contributed by atoms with Crippen LogP contribution >= 0.6 is 12.4 Å². The molecule has 1 aromatic rings. The predicted molar refractivity (Wildman–Crippen MR) is 68.1 cm³/mol. The Bertz CT molecular complexity index is 355. The van der Waals surface area contributed by atoms with E-state index in [9.17, 15) is 0 Å². The molecule has 0 saturated carbocycles. The zero-order valence-electron chi connectivity index (χ0n) is 9.07. The fraction of sp³-hybridized carbons (Fsp3) is 0.385. The van der Waals surface area contributed by atoms with Gasteiger partial charge in [-0.2, -0.15) is 0 Å². The van der Waals surface area contributed by atoms with E-state index < -0.39 is 0 Å². The molecule has 1 aliphatic carbocycles. The molecule has 1 aliphatic rings. The van der Waals surface area contributed by atoms with Crippen LogP contribution in [0.5, 0.6) is 0 Å². The Morgan fingerprint density at radius 2 is 2.00 bits per heavy atom. The van der Waals surface area contributed by atoms with Crippen molar-refractivity contribution in [1.29, 1.82) is 0 Å². The minimum Gasteiger partial charge on any atom is -0.324 e. The summed E-state index contributed by atoms with van der Waals surface area (Å²) in [6.07, 6.45) is 6.08. The van der Waals surface area contributed by atoms with Crippen LogP contribution in [0.1, 0.15) is 43.4 Å². The summed E-state index contributed by atoms with van der Waals surface area (Å²) in [5.74, 6) is 0. The standard InChI is InChI=1S/C13H17N.ClH/c1-10(14)12-8-4-5-9-13(12)11-6-2-3-7-11;/h4-6,8-10H,2-3,7,14H2,1H3;1H/t10-;/m0./s1. The van der Waals surface area contributed by atoms with Gasteiger partial charge in [0.25, 0.3) is 0 Å². The Morgan fingerprint density at radius 3 is 2.60 bits per heavy atom. The zero-order valence-corrected chi connectivity index (χ0v) is 9.89. The molecule has 82 valence electrons. The normalized spacial score (nSPS) is 16.8. The van der Waals surface area contributed by atoms with Gasteiger partial charge in [0, 0.05) is 6.04 Å². The molecule has 1 nitrogen and oxygen atoms in total. The molecule has 0 aromatic heterocycles. The van der Waals surface area contributed by atoms with Crippen molar-refractivity contribution in [3.05, 3.63) is 41.5 Å². The van der Waals surface area contributed by atoms with Crippen LogP contribution in [0.15, 0.2) is 30.3 Å². The van der Waals surface area contributed by atoms with Crippen LogP contribution in [0.3, 0.4) is 0 Å². The van der Waals surface area contributed by atoms with Crippen molar-refractivity contribution in [1.82, 2.24) is 0 Å². The second-order valence-electron chi connectivity index (χ2n) is 4.00. The topological polar surface area (TPSA) is 26.0 Å². The monoisotopic (exact) mass is 223 g/mol. The molecule has 0 unspecified atom stereocenters. The van der Waals surface area contributed by atoms with Gasteiger partial charge >= 0.3 is 0 Å². The zero-order chi connectivity index (χ0) is 9.97. The SMILES string of the molecule is C[C@H](N)c1ccccc1C1=CCCC1.Cl. The smallest absolute Gasteiger partial charge is 0.0272 e. The quantitative estimate of drug-likeness (QED) is 0.813. The molecule has 1 atom stereocenters. The largest absolute Gasteiger partial charge is 0.324 e. The molecule has 0 aliphatic heterocycles. The van der Waals surface area contributed by atoms with E-state index in [1.165, 1.54) is 36.0 Å². The van der Waals surface area contributed by atoms with Crippen LogP contribution in [0.25, 0.3) is 5.57 Å². The van der Waals surface area contributed by atoms with Crippen molar-refractivity contribution in [2.24, 2.45) is 5.73 Å². The van der Waals surface area contributed by atoms with Crippen LogP contribution < -0.4 is 5.73 Å². The summed E-state index contributed by atoms with van der Waals surface area (Å²) in [7, 11) is 0. The Labute approximate surface area is 97.8 Å². The summed E-state index contributed by atoms with van der Waals surface area (Å²) in [4.78, 5) is 0. The van der Waals surface area contributed by atoms with E-state index in [1.54, 1.807) is 0 Å². The lowest BCUT2D eigenvalue weighted by atomic mass is 9.95. The van der Waals surface area contributed by atoms with Gasteiger partial charge in [0.2, 0.25) is 0 Å². The van der Waals surface area contributed by atoms with E-state index in [2.05, 4.69) is 30.3 Å². The van der Waals surface area contributed by atoms with E-state index in [0.29, 0.717) is 0 Å². The van der Waals surface area contributed by atoms with Crippen molar-refractivity contribution in [2.75, 3.05) is 0 Å². The molecule has 0 radical (unpaired) electrons. The third kappa shape index (κ3) is 2.61. The average molecular weight is 224 g/mol. The average Bonchev–Trinajstić information content (AvgIpc) is 2.70. The molecule has 0 heterocycles. The van der Waals surface area contributed by atoms with Crippen molar-refractivity contribution in [2.45, 2.75) is 32.2 Å². The molecule has 0 saturated heterocycles. The third-order valence-electron chi connectivity index (χ3n) is 2.84. The fourth-order valence-electron chi connectivity index (χ4n) is 2.10. The molecule has 1 aromatic carbocycles. The third-order valence-corrected chi connectivity index (χ3v) is 2.84. The first kappa shape index (κ1) is 12.3. The summed E-state index contributed by atoms with van der Waals surface area (Å²) in [6, 6.07) is 8.63. The number of rotatable bonds is 2. The molecular formula is C13H18ClN. The van der Waals surface area contributed by atoms with E-state index in [1.807, 2.05) is 6.92 Å². The lowest BCUT2D eigenvalue weighted by Gasteiger charge is -2.13. The van der Waals surface area contributed by atoms with Gasteiger partial charge in [-0.15, -0.1) is 12.4 Å². The molecule has 15 heavy (non-hydrogen) atoms. The van der Waals surface area contributed by atoms with Crippen molar-refractivity contribution < 1.29 is 0 Å². The lowest BCUT2D eigenvalue weighted by molar-refractivity contribution is 0.813. The van der Waals surface area contributed by atoms with Gasteiger partial charge in [-0.1, -0.05) is 30.3 Å². The van der Waals surface area contributed by atoms with Gasteiger partial charge in [-0.05, 0) is 42.9 Å². The van der Waals surface area contributed by atoms with Gasteiger partial charge in [0.1, 0.15) is 0 Å². The van der Waals surface area contributed by atoms with Crippen LogP contribution in [-0.2, 0) is 0 Å². The second-order valence-corrected chi connectivity index (χ2v) is 4.00.